The molecule has 2 N–H and O–H groups in total. The zero-order chi connectivity index (χ0) is 16.4. The smallest absolute Gasteiger partial charge is 0.412 e. The Morgan fingerprint density at radius 2 is 2.13 bits per heavy atom. The van der Waals surface area contributed by atoms with E-state index in [0.717, 1.165) is 38.2 Å². The van der Waals surface area contributed by atoms with Gasteiger partial charge in [-0.1, -0.05) is 6.07 Å². The second-order valence-electron chi connectivity index (χ2n) is 7.36. The fraction of sp³-hybridized carbons (Fsp3) is 0.611. The highest BCUT2D eigenvalue weighted by Gasteiger charge is 2.27. The molecule has 3 rings (SSSR count). The summed E-state index contributed by atoms with van der Waals surface area (Å²) < 4.78 is 10.7. The fourth-order valence-electron chi connectivity index (χ4n) is 3.24. The van der Waals surface area contributed by atoms with Crippen LogP contribution in [0.5, 0.6) is 0 Å². The average molecular weight is 318 g/mol. The topological polar surface area (TPSA) is 59.6 Å². The van der Waals surface area contributed by atoms with Crippen molar-refractivity contribution in [2.45, 2.75) is 57.7 Å². The van der Waals surface area contributed by atoms with Crippen molar-refractivity contribution >= 4 is 11.8 Å². The summed E-state index contributed by atoms with van der Waals surface area (Å²) in [6.07, 6.45) is 2.81. The van der Waals surface area contributed by atoms with E-state index in [1.807, 2.05) is 26.8 Å². The van der Waals surface area contributed by atoms with Gasteiger partial charge in [0.15, 0.2) is 0 Å². The van der Waals surface area contributed by atoms with E-state index in [2.05, 4.69) is 22.8 Å². The fourth-order valence-corrected chi connectivity index (χ4v) is 3.24. The van der Waals surface area contributed by atoms with E-state index < -0.39 is 11.7 Å². The summed E-state index contributed by atoms with van der Waals surface area (Å²) in [5, 5.41) is 6.50. The van der Waals surface area contributed by atoms with E-state index in [1.54, 1.807) is 0 Å². The maximum absolute atomic E-state index is 11.9. The minimum absolute atomic E-state index is 0.396. The number of hydrogen-bond acceptors (Lipinski definition) is 4. The quantitative estimate of drug-likeness (QED) is 0.897. The number of aryl methyl sites for hydroxylation is 1. The zero-order valence-corrected chi connectivity index (χ0v) is 14.1. The average Bonchev–Trinajstić information content (AvgIpc) is 3.07. The predicted octanol–water partition coefficient (Wildman–Crippen LogP) is 3.40. The van der Waals surface area contributed by atoms with Crippen molar-refractivity contribution in [3.05, 3.63) is 29.3 Å². The Morgan fingerprint density at radius 3 is 2.83 bits per heavy atom. The number of carbonyl (C=O) groups is 1. The lowest BCUT2D eigenvalue weighted by atomic mass is 10.1. The monoisotopic (exact) mass is 318 g/mol. The first-order valence-corrected chi connectivity index (χ1v) is 8.37. The van der Waals surface area contributed by atoms with Crippen LogP contribution >= 0.6 is 0 Å². The van der Waals surface area contributed by atoms with Gasteiger partial charge in [0, 0.05) is 24.4 Å². The third-order valence-corrected chi connectivity index (χ3v) is 4.23. The highest BCUT2D eigenvalue weighted by molar-refractivity contribution is 5.85. The third kappa shape index (κ3) is 4.24. The Kier molecular flexibility index (Phi) is 4.60. The van der Waals surface area contributed by atoms with E-state index in [0.29, 0.717) is 12.1 Å². The van der Waals surface area contributed by atoms with Crippen LogP contribution in [0.25, 0.3) is 0 Å². The van der Waals surface area contributed by atoms with Gasteiger partial charge in [0.05, 0.1) is 6.61 Å². The number of anilines is 1. The molecule has 2 atom stereocenters. The minimum Gasteiger partial charge on any atom is -0.444 e. The molecule has 1 heterocycles. The van der Waals surface area contributed by atoms with Crippen LogP contribution < -0.4 is 10.6 Å². The number of ether oxygens (including phenoxy) is 2. The van der Waals surface area contributed by atoms with E-state index in [-0.39, 0.29) is 0 Å². The van der Waals surface area contributed by atoms with Crippen molar-refractivity contribution in [1.82, 2.24) is 5.32 Å². The molecule has 5 nitrogen and oxygen atoms in total. The van der Waals surface area contributed by atoms with Crippen LogP contribution in [0.3, 0.4) is 0 Å². The maximum Gasteiger partial charge on any atom is 0.412 e. The largest absolute Gasteiger partial charge is 0.444 e. The predicted molar refractivity (Wildman–Crippen MR) is 89.7 cm³/mol. The van der Waals surface area contributed by atoms with Gasteiger partial charge in [0.25, 0.3) is 0 Å². The van der Waals surface area contributed by atoms with Gasteiger partial charge < -0.3 is 14.8 Å². The van der Waals surface area contributed by atoms with Gasteiger partial charge in [-0.3, -0.25) is 5.32 Å². The van der Waals surface area contributed by atoms with Crippen LogP contribution in [0.2, 0.25) is 0 Å². The second kappa shape index (κ2) is 6.49. The first-order chi connectivity index (χ1) is 10.9. The molecule has 1 aliphatic carbocycles. The van der Waals surface area contributed by atoms with E-state index in [1.165, 1.54) is 11.1 Å². The number of benzene rings is 1. The van der Waals surface area contributed by atoms with Crippen molar-refractivity contribution in [1.29, 1.82) is 0 Å². The van der Waals surface area contributed by atoms with Crippen molar-refractivity contribution in [2.24, 2.45) is 0 Å². The normalized spacial score (nSPS) is 23.6. The molecule has 1 amide bonds. The van der Waals surface area contributed by atoms with E-state index in [4.69, 9.17) is 9.47 Å². The third-order valence-electron chi connectivity index (χ3n) is 4.23. The molecule has 5 heteroatoms. The van der Waals surface area contributed by atoms with Crippen LogP contribution in [0.4, 0.5) is 10.5 Å². The molecule has 1 aromatic carbocycles. The molecule has 2 unspecified atom stereocenters. The van der Waals surface area contributed by atoms with Crippen LogP contribution in [-0.2, 0) is 15.9 Å². The molecule has 0 radical (unpaired) electrons. The number of fused-ring (bicyclic) bond motifs is 1. The summed E-state index contributed by atoms with van der Waals surface area (Å²) in [6, 6.07) is 6.99. The molecule has 126 valence electrons. The summed E-state index contributed by atoms with van der Waals surface area (Å²) in [4.78, 5) is 11.9. The number of rotatable bonds is 3. The lowest BCUT2D eigenvalue weighted by Crippen LogP contribution is -2.32. The van der Waals surface area contributed by atoms with Crippen molar-refractivity contribution < 1.29 is 14.3 Å². The maximum atomic E-state index is 11.9. The summed E-state index contributed by atoms with van der Waals surface area (Å²) in [6.45, 7) is 7.24. The van der Waals surface area contributed by atoms with Crippen LogP contribution in [0, 0.1) is 0 Å². The number of nitrogens with one attached hydrogen (secondary N) is 2. The van der Waals surface area contributed by atoms with Crippen molar-refractivity contribution in [2.75, 3.05) is 18.5 Å². The highest BCUT2D eigenvalue weighted by Crippen LogP contribution is 2.33. The molecular weight excluding hydrogens is 292 g/mol. The first kappa shape index (κ1) is 16.3. The zero-order valence-electron chi connectivity index (χ0n) is 14.1. The summed E-state index contributed by atoms with van der Waals surface area (Å²) in [7, 11) is 0. The lowest BCUT2D eigenvalue weighted by Gasteiger charge is -2.20. The standard InChI is InChI=1S/C18H26N2O3/c1-18(2,3)23-17(21)20-13-5-6-15-12(10-13)4-7-16(15)19-14-8-9-22-11-14/h5-6,10,14,16,19H,4,7-9,11H2,1-3H3,(H,20,21). The number of hydrogen-bond donors (Lipinski definition) is 2. The Bertz CT molecular complexity index is 574. The Hall–Kier alpha value is -1.59. The molecule has 1 aliphatic heterocycles. The summed E-state index contributed by atoms with van der Waals surface area (Å²) in [5.74, 6) is 0. The molecule has 0 bridgehead atoms. The molecular formula is C18H26N2O3. The van der Waals surface area contributed by atoms with Crippen LogP contribution in [-0.4, -0.2) is 30.9 Å². The molecule has 1 aromatic rings. The molecule has 23 heavy (non-hydrogen) atoms. The molecule has 2 aliphatic rings. The summed E-state index contributed by atoms with van der Waals surface area (Å²) in [5.41, 5.74) is 2.95. The lowest BCUT2D eigenvalue weighted by molar-refractivity contribution is 0.0636. The van der Waals surface area contributed by atoms with Gasteiger partial charge in [-0.2, -0.15) is 0 Å². The number of carbonyl (C=O) groups excluding carboxylic acids is 1. The molecule has 0 aromatic heterocycles. The highest BCUT2D eigenvalue weighted by atomic mass is 16.6. The molecule has 1 fully saturated rings. The number of amides is 1. The van der Waals surface area contributed by atoms with E-state index >= 15 is 0 Å². The van der Waals surface area contributed by atoms with Gasteiger partial charge in [-0.05, 0) is 63.3 Å². The van der Waals surface area contributed by atoms with Crippen molar-refractivity contribution in [3.63, 3.8) is 0 Å². The molecule has 0 spiro atoms. The minimum atomic E-state index is -0.487. The Labute approximate surface area is 137 Å². The van der Waals surface area contributed by atoms with Gasteiger partial charge in [-0.15, -0.1) is 0 Å². The van der Waals surface area contributed by atoms with Gasteiger partial charge in [0.1, 0.15) is 5.60 Å². The van der Waals surface area contributed by atoms with Gasteiger partial charge in [0.2, 0.25) is 0 Å². The second-order valence-corrected chi connectivity index (χ2v) is 7.36. The van der Waals surface area contributed by atoms with Gasteiger partial charge in [-0.25, -0.2) is 4.79 Å². The SMILES string of the molecule is CC(C)(C)OC(=O)Nc1ccc2c(c1)CCC2NC1CCOC1. The van der Waals surface area contributed by atoms with Gasteiger partial charge >= 0.3 is 6.09 Å². The van der Waals surface area contributed by atoms with E-state index in [9.17, 15) is 4.79 Å². The Balaban J connectivity index is 1.63. The van der Waals surface area contributed by atoms with Crippen molar-refractivity contribution in [3.8, 4) is 0 Å². The molecule has 1 saturated heterocycles. The molecule has 0 saturated carbocycles. The Morgan fingerprint density at radius 1 is 1.30 bits per heavy atom. The first-order valence-electron chi connectivity index (χ1n) is 8.37. The van der Waals surface area contributed by atoms with Crippen LogP contribution in [0.1, 0.15) is 50.8 Å². The van der Waals surface area contributed by atoms with Crippen LogP contribution in [0.15, 0.2) is 18.2 Å². The summed E-state index contributed by atoms with van der Waals surface area (Å²) >= 11 is 0.